The third-order valence-corrected chi connectivity index (χ3v) is 5.13. The number of fused-ring (bicyclic) bond motifs is 2. The maximum absolute atomic E-state index is 10.1. The number of phenolic OH excluding ortho intramolecular Hbond substituents is 2. The van der Waals surface area contributed by atoms with Crippen molar-refractivity contribution in [2.45, 2.75) is 0 Å². The quantitative estimate of drug-likeness (QED) is 0.360. The predicted octanol–water partition coefficient (Wildman–Crippen LogP) is 6.87. The molecule has 0 spiro atoms. The summed E-state index contributed by atoms with van der Waals surface area (Å²) in [4.78, 5) is 2.04. The Morgan fingerprint density at radius 1 is 0.414 bits per heavy atom. The van der Waals surface area contributed by atoms with Crippen molar-refractivity contribution in [1.29, 1.82) is 0 Å². The molecule has 0 saturated heterocycles. The summed E-state index contributed by atoms with van der Waals surface area (Å²) in [6, 6.07) is 33.6. The first-order chi connectivity index (χ1) is 14.2. The zero-order chi connectivity index (χ0) is 19.8. The number of anilines is 3. The molecule has 5 aromatic carbocycles. The lowest BCUT2D eigenvalue weighted by Crippen LogP contribution is -2.09. The van der Waals surface area contributed by atoms with E-state index in [9.17, 15) is 10.2 Å². The molecule has 0 unspecified atom stereocenters. The minimum absolute atomic E-state index is 0.0200. The average molecular weight is 377 g/mol. The van der Waals surface area contributed by atoms with Gasteiger partial charge in [-0.3, -0.25) is 0 Å². The highest BCUT2D eigenvalue weighted by atomic mass is 16.3. The number of hydrogen-bond donors (Lipinski definition) is 2. The van der Waals surface area contributed by atoms with E-state index in [1.807, 2.05) is 29.2 Å². The highest BCUT2D eigenvalue weighted by Gasteiger charge is 2.15. The molecule has 0 aromatic heterocycles. The van der Waals surface area contributed by atoms with Crippen molar-refractivity contribution in [3.05, 3.63) is 103 Å². The second-order valence-electron chi connectivity index (χ2n) is 7.11. The molecule has 0 aliphatic heterocycles. The summed E-state index contributed by atoms with van der Waals surface area (Å²) < 4.78 is 0. The molecule has 3 nitrogen and oxygen atoms in total. The Morgan fingerprint density at radius 2 is 0.862 bits per heavy atom. The maximum Gasteiger partial charge on any atom is 0.121 e. The van der Waals surface area contributed by atoms with Gasteiger partial charge < -0.3 is 15.1 Å². The molecule has 3 heteroatoms. The lowest BCUT2D eigenvalue weighted by Gasteiger charge is -2.26. The summed E-state index contributed by atoms with van der Waals surface area (Å²) in [5, 5.41) is 24.8. The molecule has 0 aliphatic rings. The molecule has 0 saturated carbocycles. The van der Waals surface area contributed by atoms with Gasteiger partial charge in [0.25, 0.3) is 0 Å². The molecule has 140 valence electrons. The number of hydrogen-bond acceptors (Lipinski definition) is 3. The standard InChI is InChI=1S/C26H19NO2/c28-25-15-24(16-26(29)17-25)27(22-11-9-18-5-1-3-7-20(18)13-22)23-12-10-19-6-2-4-8-21(19)14-23/h1-17,28-29H. The lowest BCUT2D eigenvalue weighted by atomic mass is 10.1. The fraction of sp³-hybridized carbons (Fsp3) is 0. The number of aromatic hydroxyl groups is 2. The van der Waals surface area contributed by atoms with Crippen LogP contribution in [0.25, 0.3) is 21.5 Å². The first-order valence-corrected chi connectivity index (χ1v) is 9.48. The normalized spacial score (nSPS) is 11.0. The van der Waals surface area contributed by atoms with Gasteiger partial charge in [0, 0.05) is 29.6 Å². The van der Waals surface area contributed by atoms with Crippen LogP contribution in [0, 0.1) is 0 Å². The van der Waals surface area contributed by atoms with Crippen LogP contribution in [-0.2, 0) is 0 Å². The van der Waals surface area contributed by atoms with E-state index >= 15 is 0 Å². The first-order valence-electron chi connectivity index (χ1n) is 9.48. The third kappa shape index (κ3) is 3.23. The van der Waals surface area contributed by atoms with Crippen molar-refractivity contribution in [2.75, 3.05) is 4.90 Å². The SMILES string of the molecule is Oc1cc(O)cc(N(c2ccc3ccccc3c2)c2ccc3ccccc3c2)c1. The molecule has 0 radical (unpaired) electrons. The summed E-state index contributed by atoms with van der Waals surface area (Å²) >= 11 is 0. The highest BCUT2D eigenvalue weighted by Crippen LogP contribution is 2.40. The van der Waals surface area contributed by atoms with E-state index < -0.39 is 0 Å². The zero-order valence-electron chi connectivity index (χ0n) is 15.7. The van der Waals surface area contributed by atoms with E-state index in [4.69, 9.17) is 0 Å². The van der Waals surface area contributed by atoms with Crippen LogP contribution >= 0.6 is 0 Å². The average Bonchev–Trinajstić information content (AvgIpc) is 2.73. The molecule has 0 heterocycles. The van der Waals surface area contributed by atoms with Gasteiger partial charge in [-0.1, -0.05) is 60.7 Å². The lowest BCUT2D eigenvalue weighted by molar-refractivity contribution is 0.451. The van der Waals surface area contributed by atoms with Gasteiger partial charge in [0.1, 0.15) is 11.5 Å². The Bertz CT molecular complexity index is 1240. The summed E-state index contributed by atoms with van der Waals surface area (Å²) in [6.07, 6.45) is 0. The van der Waals surface area contributed by atoms with Crippen LogP contribution in [0.3, 0.4) is 0 Å². The van der Waals surface area contributed by atoms with Crippen LogP contribution in [0.2, 0.25) is 0 Å². The monoisotopic (exact) mass is 377 g/mol. The topological polar surface area (TPSA) is 43.7 Å². The maximum atomic E-state index is 10.1. The van der Waals surface area contributed by atoms with Gasteiger partial charge in [0.15, 0.2) is 0 Å². The summed E-state index contributed by atoms with van der Waals surface area (Å²) in [6.45, 7) is 0. The molecule has 0 fully saturated rings. The smallest absolute Gasteiger partial charge is 0.121 e. The highest BCUT2D eigenvalue weighted by molar-refractivity contribution is 5.92. The Balaban J connectivity index is 1.75. The second-order valence-corrected chi connectivity index (χ2v) is 7.11. The van der Waals surface area contributed by atoms with E-state index in [-0.39, 0.29) is 11.5 Å². The van der Waals surface area contributed by atoms with Gasteiger partial charge in [-0.2, -0.15) is 0 Å². The summed E-state index contributed by atoms with van der Waals surface area (Å²) in [5.74, 6) is 0.0400. The second kappa shape index (κ2) is 6.88. The largest absolute Gasteiger partial charge is 0.508 e. The molecule has 29 heavy (non-hydrogen) atoms. The number of rotatable bonds is 3. The van der Waals surface area contributed by atoms with Crippen molar-refractivity contribution < 1.29 is 10.2 Å². The van der Waals surface area contributed by atoms with Crippen LogP contribution in [0.1, 0.15) is 0 Å². The Morgan fingerprint density at radius 3 is 1.34 bits per heavy atom. The number of benzene rings is 5. The molecule has 5 aromatic rings. The summed E-state index contributed by atoms with van der Waals surface area (Å²) in [5.41, 5.74) is 2.58. The van der Waals surface area contributed by atoms with E-state index in [2.05, 4.69) is 60.7 Å². The van der Waals surface area contributed by atoms with Crippen LogP contribution < -0.4 is 4.90 Å². The molecule has 0 atom stereocenters. The fourth-order valence-corrected chi connectivity index (χ4v) is 3.79. The Labute approximate surface area is 168 Å². The molecule has 5 rings (SSSR count). The van der Waals surface area contributed by atoms with Crippen LogP contribution in [0.4, 0.5) is 17.1 Å². The Kier molecular flexibility index (Phi) is 4.07. The molecule has 0 bridgehead atoms. The van der Waals surface area contributed by atoms with Gasteiger partial charge in [-0.25, -0.2) is 0 Å². The van der Waals surface area contributed by atoms with Crippen molar-refractivity contribution >= 4 is 38.6 Å². The zero-order valence-corrected chi connectivity index (χ0v) is 15.7. The van der Waals surface area contributed by atoms with E-state index in [0.717, 1.165) is 32.9 Å². The van der Waals surface area contributed by atoms with Crippen LogP contribution in [0.5, 0.6) is 11.5 Å². The van der Waals surface area contributed by atoms with Gasteiger partial charge in [-0.05, 0) is 45.8 Å². The van der Waals surface area contributed by atoms with Gasteiger partial charge in [-0.15, -0.1) is 0 Å². The van der Waals surface area contributed by atoms with E-state index in [1.54, 1.807) is 12.1 Å². The first kappa shape index (κ1) is 17.1. The Hall–Kier alpha value is -3.98. The number of nitrogens with zero attached hydrogens (tertiary/aromatic N) is 1. The summed E-state index contributed by atoms with van der Waals surface area (Å²) in [7, 11) is 0. The van der Waals surface area contributed by atoms with E-state index in [0.29, 0.717) is 5.69 Å². The number of phenols is 2. The predicted molar refractivity (Wildman–Crippen MR) is 119 cm³/mol. The molecule has 0 amide bonds. The fourth-order valence-electron chi connectivity index (χ4n) is 3.79. The van der Waals surface area contributed by atoms with Gasteiger partial charge in [0.05, 0.1) is 5.69 Å². The van der Waals surface area contributed by atoms with Crippen molar-refractivity contribution in [3.63, 3.8) is 0 Å². The van der Waals surface area contributed by atoms with Crippen LogP contribution in [-0.4, -0.2) is 10.2 Å². The van der Waals surface area contributed by atoms with Crippen molar-refractivity contribution in [3.8, 4) is 11.5 Å². The molecular weight excluding hydrogens is 358 g/mol. The van der Waals surface area contributed by atoms with E-state index in [1.165, 1.54) is 6.07 Å². The van der Waals surface area contributed by atoms with Crippen molar-refractivity contribution in [1.82, 2.24) is 0 Å². The molecular formula is C26H19NO2. The van der Waals surface area contributed by atoms with Crippen molar-refractivity contribution in [2.24, 2.45) is 0 Å². The minimum Gasteiger partial charge on any atom is -0.508 e. The van der Waals surface area contributed by atoms with Gasteiger partial charge >= 0.3 is 0 Å². The molecule has 2 N–H and O–H groups in total. The molecule has 0 aliphatic carbocycles. The third-order valence-electron chi connectivity index (χ3n) is 5.13. The minimum atomic E-state index is 0.0200. The van der Waals surface area contributed by atoms with Gasteiger partial charge in [0.2, 0.25) is 0 Å². The van der Waals surface area contributed by atoms with Crippen LogP contribution in [0.15, 0.2) is 103 Å².